The third-order valence-electron chi connectivity index (χ3n) is 4.91. The van der Waals surface area contributed by atoms with E-state index in [1.54, 1.807) is 17.0 Å². The van der Waals surface area contributed by atoms with Crippen molar-refractivity contribution in [1.29, 1.82) is 0 Å². The van der Waals surface area contributed by atoms with Gasteiger partial charge >= 0.3 is 6.03 Å². The number of fused-ring (bicyclic) bond motifs is 2. The molecular formula is C20H21FN2O3. The van der Waals surface area contributed by atoms with Gasteiger partial charge in [0.25, 0.3) is 0 Å². The van der Waals surface area contributed by atoms with Crippen LogP contribution in [0.1, 0.15) is 30.5 Å². The standard InChI is InChI=1S/C20H21FN2O3/c1-13-17-12-19-18(25-9-2-10-26-19)11-14(17)7-8-23(13)20(24)22-16-5-3-15(21)4-6-16/h3-6,11-13H,2,7-10H2,1H3,(H,22,24). The van der Waals surface area contributed by atoms with Crippen LogP contribution in [0, 0.1) is 5.82 Å². The molecule has 0 aromatic heterocycles. The van der Waals surface area contributed by atoms with Gasteiger partial charge in [-0.3, -0.25) is 0 Å². The highest BCUT2D eigenvalue weighted by Gasteiger charge is 2.29. The number of ether oxygens (including phenoxy) is 2. The number of carbonyl (C=O) groups is 1. The zero-order valence-electron chi connectivity index (χ0n) is 14.6. The average molecular weight is 356 g/mol. The smallest absolute Gasteiger partial charge is 0.322 e. The second-order valence-electron chi connectivity index (χ2n) is 6.60. The molecule has 2 aliphatic heterocycles. The number of urea groups is 1. The Bertz CT molecular complexity index is 823. The quantitative estimate of drug-likeness (QED) is 0.836. The van der Waals surface area contributed by atoms with Gasteiger partial charge in [-0.1, -0.05) is 0 Å². The number of hydrogen-bond acceptors (Lipinski definition) is 3. The lowest BCUT2D eigenvalue weighted by atomic mass is 9.93. The molecule has 0 saturated heterocycles. The summed E-state index contributed by atoms with van der Waals surface area (Å²) in [4.78, 5) is 14.5. The van der Waals surface area contributed by atoms with Gasteiger partial charge < -0.3 is 19.7 Å². The third kappa shape index (κ3) is 3.19. The number of rotatable bonds is 1. The van der Waals surface area contributed by atoms with E-state index >= 15 is 0 Å². The molecule has 2 amide bonds. The Balaban J connectivity index is 1.55. The summed E-state index contributed by atoms with van der Waals surface area (Å²) in [5, 5.41) is 2.84. The molecule has 0 radical (unpaired) electrons. The summed E-state index contributed by atoms with van der Waals surface area (Å²) in [6, 6.07) is 9.54. The number of anilines is 1. The summed E-state index contributed by atoms with van der Waals surface area (Å²) in [5.74, 6) is 1.21. The monoisotopic (exact) mass is 356 g/mol. The van der Waals surface area contributed by atoms with Crippen LogP contribution in [0.15, 0.2) is 36.4 Å². The Hall–Kier alpha value is -2.76. The molecule has 26 heavy (non-hydrogen) atoms. The second kappa shape index (κ2) is 6.86. The number of nitrogens with zero attached hydrogens (tertiary/aromatic N) is 1. The molecule has 1 unspecified atom stereocenters. The minimum absolute atomic E-state index is 0.0867. The number of amides is 2. The normalized spacial score (nSPS) is 18.7. The molecule has 2 aromatic rings. The van der Waals surface area contributed by atoms with Crippen molar-refractivity contribution in [2.24, 2.45) is 0 Å². The molecule has 0 aliphatic carbocycles. The van der Waals surface area contributed by atoms with E-state index in [0.29, 0.717) is 25.4 Å². The summed E-state index contributed by atoms with van der Waals surface area (Å²) in [6.07, 6.45) is 1.62. The van der Waals surface area contributed by atoms with Crippen LogP contribution in [0.4, 0.5) is 14.9 Å². The molecule has 0 saturated carbocycles. The topological polar surface area (TPSA) is 50.8 Å². The van der Waals surface area contributed by atoms with Crippen molar-refractivity contribution in [3.05, 3.63) is 53.3 Å². The van der Waals surface area contributed by atoms with Crippen LogP contribution >= 0.6 is 0 Å². The molecule has 6 heteroatoms. The van der Waals surface area contributed by atoms with Crippen LogP contribution in [-0.2, 0) is 6.42 Å². The lowest BCUT2D eigenvalue weighted by Gasteiger charge is -2.35. The fraction of sp³-hybridized carbons (Fsp3) is 0.350. The van der Waals surface area contributed by atoms with Crippen molar-refractivity contribution >= 4 is 11.7 Å². The summed E-state index contributed by atoms with van der Waals surface area (Å²) in [7, 11) is 0. The zero-order valence-corrected chi connectivity index (χ0v) is 14.6. The van der Waals surface area contributed by atoms with Gasteiger partial charge in [0, 0.05) is 18.7 Å². The molecule has 1 N–H and O–H groups in total. The Morgan fingerprint density at radius 3 is 2.58 bits per heavy atom. The highest BCUT2D eigenvalue weighted by atomic mass is 19.1. The maximum Gasteiger partial charge on any atom is 0.322 e. The van der Waals surface area contributed by atoms with E-state index in [9.17, 15) is 9.18 Å². The summed E-state index contributed by atoms with van der Waals surface area (Å²) >= 11 is 0. The highest BCUT2D eigenvalue weighted by molar-refractivity contribution is 5.89. The van der Waals surface area contributed by atoms with Crippen LogP contribution in [0.2, 0.25) is 0 Å². The molecule has 1 atom stereocenters. The molecule has 0 fully saturated rings. The van der Waals surface area contributed by atoms with Crippen molar-refractivity contribution < 1.29 is 18.7 Å². The summed E-state index contributed by atoms with van der Waals surface area (Å²) in [6.45, 7) is 3.91. The Morgan fingerprint density at radius 2 is 1.85 bits per heavy atom. The minimum atomic E-state index is -0.328. The highest BCUT2D eigenvalue weighted by Crippen LogP contribution is 2.39. The van der Waals surface area contributed by atoms with Crippen LogP contribution in [-0.4, -0.2) is 30.7 Å². The summed E-state index contributed by atoms with van der Waals surface area (Å²) < 4.78 is 24.6. The number of halogens is 1. The van der Waals surface area contributed by atoms with Gasteiger partial charge in [0.1, 0.15) is 5.82 Å². The van der Waals surface area contributed by atoms with Crippen LogP contribution < -0.4 is 14.8 Å². The number of carbonyl (C=O) groups excluding carboxylic acids is 1. The van der Waals surface area contributed by atoms with Gasteiger partial charge in [0.05, 0.1) is 19.3 Å². The van der Waals surface area contributed by atoms with Crippen molar-refractivity contribution in [3.8, 4) is 11.5 Å². The van der Waals surface area contributed by atoms with Crippen molar-refractivity contribution in [2.75, 3.05) is 25.1 Å². The first-order valence-corrected chi connectivity index (χ1v) is 8.87. The molecule has 0 spiro atoms. The van der Waals surface area contributed by atoms with E-state index in [0.717, 1.165) is 29.9 Å². The lowest BCUT2D eigenvalue weighted by Crippen LogP contribution is -2.41. The Morgan fingerprint density at radius 1 is 1.15 bits per heavy atom. The molecule has 2 aliphatic rings. The van der Waals surface area contributed by atoms with Gasteiger partial charge in [-0.2, -0.15) is 0 Å². The largest absolute Gasteiger partial charge is 0.490 e. The fourth-order valence-electron chi connectivity index (χ4n) is 3.48. The van der Waals surface area contributed by atoms with E-state index in [1.807, 2.05) is 19.1 Å². The fourth-order valence-corrected chi connectivity index (χ4v) is 3.48. The Kier molecular flexibility index (Phi) is 4.41. The maximum atomic E-state index is 13.0. The van der Waals surface area contributed by atoms with Gasteiger partial charge in [-0.05, 0) is 60.9 Å². The number of hydrogen-bond donors (Lipinski definition) is 1. The van der Waals surface area contributed by atoms with Crippen molar-refractivity contribution in [3.63, 3.8) is 0 Å². The molecule has 2 heterocycles. The predicted octanol–water partition coefficient (Wildman–Crippen LogP) is 4.14. The maximum absolute atomic E-state index is 13.0. The number of benzene rings is 2. The molecule has 2 aromatic carbocycles. The van der Waals surface area contributed by atoms with E-state index < -0.39 is 0 Å². The van der Waals surface area contributed by atoms with Crippen LogP contribution in [0.5, 0.6) is 11.5 Å². The van der Waals surface area contributed by atoms with Crippen LogP contribution in [0.25, 0.3) is 0 Å². The molecule has 4 rings (SSSR count). The number of nitrogens with one attached hydrogen (secondary N) is 1. The van der Waals surface area contributed by atoms with E-state index in [-0.39, 0.29) is 17.9 Å². The van der Waals surface area contributed by atoms with Gasteiger partial charge in [0.15, 0.2) is 11.5 Å². The zero-order chi connectivity index (χ0) is 18.1. The van der Waals surface area contributed by atoms with Crippen LogP contribution in [0.3, 0.4) is 0 Å². The van der Waals surface area contributed by atoms with E-state index in [1.165, 1.54) is 17.7 Å². The summed E-state index contributed by atoms with van der Waals surface area (Å²) in [5.41, 5.74) is 2.84. The minimum Gasteiger partial charge on any atom is -0.490 e. The predicted molar refractivity (Wildman–Crippen MR) is 96.3 cm³/mol. The van der Waals surface area contributed by atoms with Gasteiger partial charge in [-0.15, -0.1) is 0 Å². The molecular weight excluding hydrogens is 335 g/mol. The molecule has 0 bridgehead atoms. The molecule has 136 valence electrons. The van der Waals surface area contributed by atoms with E-state index in [4.69, 9.17) is 9.47 Å². The van der Waals surface area contributed by atoms with E-state index in [2.05, 4.69) is 5.32 Å². The lowest BCUT2D eigenvalue weighted by molar-refractivity contribution is 0.188. The van der Waals surface area contributed by atoms with Crippen molar-refractivity contribution in [1.82, 2.24) is 4.90 Å². The first kappa shape index (κ1) is 16.7. The molecule has 5 nitrogen and oxygen atoms in total. The first-order valence-electron chi connectivity index (χ1n) is 8.87. The Labute approximate surface area is 151 Å². The van der Waals surface area contributed by atoms with Crippen molar-refractivity contribution in [2.45, 2.75) is 25.8 Å². The second-order valence-corrected chi connectivity index (χ2v) is 6.60. The van der Waals surface area contributed by atoms with Gasteiger partial charge in [-0.25, -0.2) is 9.18 Å². The average Bonchev–Trinajstić information content (AvgIpc) is 2.87. The van der Waals surface area contributed by atoms with Gasteiger partial charge in [0.2, 0.25) is 0 Å². The first-order chi connectivity index (χ1) is 12.6. The third-order valence-corrected chi connectivity index (χ3v) is 4.91. The SMILES string of the molecule is CC1c2cc3c(cc2CCN1C(=O)Nc1ccc(F)cc1)OCCCO3.